The zero-order valence-electron chi connectivity index (χ0n) is 17.1. The van der Waals surface area contributed by atoms with E-state index in [2.05, 4.69) is 20.3 Å². The molecule has 0 amide bonds. The van der Waals surface area contributed by atoms with E-state index in [9.17, 15) is 4.39 Å². The Morgan fingerprint density at radius 3 is 2.72 bits per heavy atom. The average molecular weight is 430 g/mol. The Balaban J connectivity index is 1.58. The molecule has 3 heterocycles. The van der Waals surface area contributed by atoms with Crippen molar-refractivity contribution in [2.45, 2.75) is 6.54 Å². The highest BCUT2D eigenvalue weighted by atomic mass is 19.1. The number of hydrogen-bond acceptors (Lipinski definition) is 7. The zero-order chi connectivity index (χ0) is 22.2. The average Bonchev–Trinajstić information content (AvgIpc) is 3.41. The fourth-order valence-electron chi connectivity index (χ4n) is 3.67. The number of rotatable bonds is 5. The maximum absolute atomic E-state index is 14.1. The highest BCUT2D eigenvalue weighted by Gasteiger charge is 2.17. The van der Waals surface area contributed by atoms with E-state index in [1.807, 2.05) is 22.9 Å². The van der Waals surface area contributed by atoms with Crippen molar-refractivity contribution in [1.82, 2.24) is 29.5 Å². The van der Waals surface area contributed by atoms with Crippen molar-refractivity contribution in [2.24, 2.45) is 0 Å². The first-order valence-electron chi connectivity index (χ1n) is 9.74. The molecule has 5 aromatic rings. The summed E-state index contributed by atoms with van der Waals surface area (Å²) in [4.78, 5) is 8.58. The van der Waals surface area contributed by atoms with Gasteiger partial charge in [0.1, 0.15) is 40.7 Å². The minimum absolute atomic E-state index is 0.324. The molecule has 32 heavy (non-hydrogen) atoms. The summed E-state index contributed by atoms with van der Waals surface area (Å²) in [6.45, 7) is 0.355. The van der Waals surface area contributed by atoms with E-state index in [4.69, 9.17) is 16.2 Å². The van der Waals surface area contributed by atoms with Gasteiger partial charge in [-0.2, -0.15) is 0 Å². The fourth-order valence-corrected chi connectivity index (χ4v) is 3.67. The zero-order valence-corrected chi connectivity index (χ0v) is 17.1. The van der Waals surface area contributed by atoms with Crippen molar-refractivity contribution in [3.05, 3.63) is 72.7 Å². The van der Waals surface area contributed by atoms with Gasteiger partial charge >= 0.3 is 0 Å². The van der Waals surface area contributed by atoms with Crippen LogP contribution in [0.25, 0.3) is 27.8 Å². The van der Waals surface area contributed by atoms with Crippen LogP contribution in [0.1, 0.15) is 5.69 Å². The minimum atomic E-state index is -0.379. The Hall–Kier alpha value is -4.47. The van der Waals surface area contributed by atoms with Crippen molar-refractivity contribution in [1.29, 1.82) is 0 Å². The van der Waals surface area contributed by atoms with Crippen molar-refractivity contribution in [3.8, 4) is 22.6 Å². The molecule has 0 aliphatic carbocycles. The summed E-state index contributed by atoms with van der Waals surface area (Å²) in [5.41, 5.74) is 16.0. The molecule has 0 atom stereocenters. The third kappa shape index (κ3) is 3.27. The lowest BCUT2D eigenvalue weighted by atomic mass is 10.1. The summed E-state index contributed by atoms with van der Waals surface area (Å²) in [5, 5.41) is 8.97. The van der Waals surface area contributed by atoms with Crippen molar-refractivity contribution < 1.29 is 9.13 Å². The number of ether oxygens (including phenoxy) is 1. The highest BCUT2D eigenvalue weighted by molar-refractivity contribution is 6.01. The van der Waals surface area contributed by atoms with Gasteiger partial charge in [-0.25, -0.2) is 19.0 Å². The van der Waals surface area contributed by atoms with Crippen LogP contribution in [0.3, 0.4) is 0 Å². The van der Waals surface area contributed by atoms with E-state index in [1.165, 1.54) is 17.1 Å². The first kappa shape index (κ1) is 19.5. The number of benzene rings is 2. The van der Waals surface area contributed by atoms with Gasteiger partial charge in [0.2, 0.25) is 0 Å². The lowest BCUT2D eigenvalue weighted by molar-refractivity contribution is 0.417. The molecule has 0 aliphatic rings. The topological polar surface area (TPSA) is 123 Å². The number of hydrogen-bond donors (Lipinski definition) is 2. The Morgan fingerprint density at radius 1 is 1.06 bits per heavy atom. The number of nitrogens with zero attached hydrogens (tertiary/aromatic N) is 6. The molecule has 0 unspecified atom stereocenters. The predicted octanol–water partition coefficient (Wildman–Crippen LogP) is 3.04. The third-order valence-electron chi connectivity index (χ3n) is 5.20. The largest absolute Gasteiger partial charge is 0.495 e. The van der Waals surface area contributed by atoms with E-state index in [0.29, 0.717) is 46.2 Å². The number of fused-ring (bicyclic) bond motifs is 1. The second-order valence-corrected chi connectivity index (χ2v) is 7.19. The van der Waals surface area contributed by atoms with Crippen LogP contribution in [0.4, 0.5) is 15.9 Å². The van der Waals surface area contributed by atoms with Crippen LogP contribution in [-0.4, -0.2) is 36.6 Å². The van der Waals surface area contributed by atoms with Gasteiger partial charge in [0.05, 0.1) is 30.9 Å². The molecule has 3 aromatic heterocycles. The van der Waals surface area contributed by atoms with Crippen LogP contribution in [0.5, 0.6) is 5.75 Å². The van der Waals surface area contributed by atoms with Crippen LogP contribution in [0.15, 0.2) is 61.2 Å². The summed E-state index contributed by atoms with van der Waals surface area (Å²) in [5.74, 6) is 0.539. The monoisotopic (exact) mass is 430 g/mol. The molecule has 5 rings (SSSR count). The minimum Gasteiger partial charge on any atom is -0.495 e. The summed E-state index contributed by atoms with van der Waals surface area (Å²) in [7, 11) is 1.56. The van der Waals surface area contributed by atoms with Gasteiger partial charge in [-0.3, -0.25) is 0 Å². The first-order valence-corrected chi connectivity index (χ1v) is 9.74. The predicted molar refractivity (Wildman–Crippen MR) is 119 cm³/mol. The van der Waals surface area contributed by atoms with Crippen molar-refractivity contribution in [2.75, 3.05) is 18.6 Å². The van der Waals surface area contributed by atoms with E-state index >= 15 is 0 Å². The van der Waals surface area contributed by atoms with Gasteiger partial charge in [-0.05, 0) is 29.8 Å². The van der Waals surface area contributed by atoms with Crippen LogP contribution >= 0.6 is 0 Å². The maximum Gasteiger partial charge on any atom is 0.148 e. The number of methoxy groups -OCH3 is 1. The van der Waals surface area contributed by atoms with E-state index < -0.39 is 0 Å². The van der Waals surface area contributed by atoms with E-state index in [0.717, 1.165) is 11.1 Å². The lowest BCUT2D eigenvalue weighted by Crippen LogP contribution is -2.01. The van der Waals surface area contributed by atoms with Crippen molar-refractivity contribution >= 4 is 22.5 Å². The van der Waals surface area contributed by atoms with Gasteiger partial charge in [-0.15, -0.1) is 5.10 Å². The molecule has 9 nitrogen and oxygen atoms in total. The SMILES string of the molecule is COc1cc(-c2cn(Cc3cn(-c4ccccc4F)nn3)c3ncnc(N)c23)ccc1N. The summed E-state index contributed by atoms with van der Waals surface area (Å²) < 4.78 is 22.8. The number of anilines is 2. The number of halogens is 1. The molecular formula is C22H19FN8O. The smallest absolute Gasteiger partial charge is 0.148 e. The van der Waals surface area contributed by atoms with Crippen LogP contribution in [-0.2, 0) is 6.54 Å². The van der Waals surface area contributed by atoms with E-state index in [-0.39, 0.29) is 5.82 Å². The molecule has 0 aliphatic heterocycles. The normalized spacial score (nSPS) is 11.2. The molecule has 0 fully saturated rings. The van der Waals surface area contributed by atoms with Crippen LogP contribution in [0.2, 0.25) is 0 Å². The Kier molecular flexibility index (Phi) is 4.66. The molecule has 0 bridgehead atoms. The second kappa shape index (κ2) is 7.65. The Labute approximate surface area is 182 Å². The summed E-state index contributed by atoms with van der Waals surface area (Å²) in [6, 6.07) is 11.9. The molecule has 0 saturated heterocycles. The van der Waals surface area contributed by atoms with Gasteiger partial charge < -0.3 is 20.8 Å². The van der Waals surface area contributed by atoms with Crippen LogP contribution < -0.4 is 16.2 Å². The van der Waals surface area contributed by atoms with Gasteiger partial charge in [0.15, 0.2) is 0 Å². The molecule has 0 saturated carbocycles. The standard InChI is InChI=1S/C22H19FN8O/c1-32-19-8-13(6-7-17(19)24)15-11-30(22-20(15)21(25)26-12-27-22)9-14-10-31(29-28-14)18-5-3-2-4-16(18)23/h2-8,10-12H,9,24H2,1H3,(H2,25,26,27). The Morgan fingerprint density at radius 2 is 1.91 bits per heavy atom. The number of para-hydroxylation sites is 1. The second-order valence-electron chi connectivity index (χ2n) is 7.19. The molecule has 160 valence electrons. The number of aromatic nitrogens is 6. The van der Waals surface area contributed by atoms with Gasteiger partial charge in [-0.1, -0.05) is 23.4 Å². The van der Waals surface area contributed by atoms with Crippen molar-refractivity contribution in [3.63, 3.8) is 0 Å². The molecule has 0 spiro atoms. The molecule has 4 N–H and O–H groups in total. The van der Waals surface area contributed by atoms with Crippen LogP contribution in [0, 0.1) is 5.82 Å². The molecule has 0 radical (unpaired) electrons. The van der Waals surface area contributed by atoms with Gasteiger partial charge in [0, 0.05) is 11.8 Å². The van der Waals surface area contributed by atoms with Gasteiger partial charge in [0.25, 0.3) is 0 Å². The highest BCUT2D eigenvalue weighted by Crippen LogP contribution is 2.36. The third-order valence-corrected chi connectivity index (χ3v) is 5.20. The quantitative estimate of drug-likeness (QED) is 0.411. The molecule has 2 aromatic carbocycles. The first-order chi connectivity index (χ1) is 15.5. The number of nitrogens with two attached hydrogens (primary N) is 2. The lowest BCUT2D eigenvalue weighted by Gasteiger charge is -2.07. The molecule has 10 heteroatoms. The maximum atomic E-state index is 14.1. The molecular weight excluding hydrogens is 411 g/mol. The summed E-state index contributed by atoms with van der Waals surface area (Å²) in [6.07, 6.45) is 5.02. The number of nitrogen functional groups attached to an aromatic ring is 2. The van der Waals surface area contributed by atoms with E-state index in [1.54, 1.807) is 37.6 Å². The Bertz CT molecular complexity index is 1440. The summed E-state index contributed by atoms with van der Waals surface area (Å²) >= 11 is 0. The fraction of sp³-hybridized carbons (Fsp3) is 0.0909.